The molecule has 0 rings (SSSR count). The summed E-state index contributed by atoms with van der Waals surface area (Å²) < 4.78 is 5.11. The predicted molar refractivity (Wildman–Crippen MR) is 71.3 cm³/mol. The summed E-state index contributed by atoms with van der Waals surface area (Å²) in [7, 11) is 0. The van der Waals surface area contributed by atoms with Gasteiger partial charge < -0.3 is 14.9 Å². The highest BCUT2D eigenvalue weighted by atomic mass is 16.5. The highest BCUT2D eigenvalue weighted by Gasteiger charge is 2.01. The van der Waals surface area contributed by atoms with Crippen LogP contribution in [0, 0.1) is 0 Å². The van der Waals surface area contributed by atoms with Gasteiger partial charge in [0.05, 0.1) is 6.61 Å². The summed E-state index contributed by atoms with van der Waals surface area (Å²) in [6.45, 7) is 1.01. The van der Waals surface area contributed by atoms with Gasteiger partial charge in [0.15, 0.2) is 0 Å². The number of aliphatic hydroxyl groups excluding tert-OH is 2. The van der Waals surface area contributed by atoms with Crippen molar-refractivity contribution in [2.75, 3.05) is 19.8 Å². The molecule has 18 heavy (non-hydrogen) atoms. The number of hydrogen-bond donors (Lipinski definition) is 2. The molecule has 0 saturated heterocycles. The fourth-order valence-electron chi connectivity index (χ4n) is 1.74. The largest absolute Gasteiger partial charge is 0.466 e. The Hall–Kier alpha value is -0.610. The Labute approximate surface area is 110 Å². The molecule has 0 heterocycles. The van der Waals surface area contributed by atoms with Crippen LogP contribution in [0.4, 0.5) is 0 Å². The molecule has 0 fully saturated rings. The van der Waals surface area contributed by atoms with E-state index in [-0.39, 0.29) is 19.2 Å². The first-order valence-corrected chi connectivity index (χ1v) is 7.18. The van der Waals surface area contributed by atoms with Crippen molar-refractivity contribution in [3.8, 4) is 0 Å². The Kier molecular flexibility index (Phi) is 14.0. The number of aliphatic hydroxyl groups is 2. The van der Waals surface area contributed by atoms with E-state index in [1.807, 2.05) is 0 Å². The second kappa shape index (κ2) is 14.5. The van der Waals surface area contributed by atoms with Gasteiger partial charge in [-0.1, -0.05) is 32.1 Å². The second-order valence-corrected chi connectivity index (χ2v) is 4.60. The quantitative estimate of drug-likeness (QED) is 0.394. The Bertz CT molecular complexity index is 183. The van der Waals surface area contributed by atoms with E-state index in [9.17, 15) is 4.79 Å². The molecule has 0 aromatic rings. The Morgan fingerprint density at radius 2 is 1.22 bits per heavy atom. The zero-order valence-corrected chi connectivity index (χ0v) is 11.4. The lowest BCUT2D eigenvalue weighted by Gasteiger charge is -2.04. The van der Waals surface area contributed by atoms with Crippen molar-refractivity contribution >= 4 is 5.97 Å². The Morgan fingerprint density at radius 1 is 0.722 bits per heavy atom. The zero-order chi connectivity index (χ0) is 13.5. The van der Waals surface area contributed by atoms with Gasteiger partial charge >= 0.3 is 5.97 Å². The van der Waals surface area contributed by atoms with Crippen LogP contribution in [0.25, 0.3) is 0 Å². The van der Waals surface area contributed by atoms with Crippen molar-refractivity contribution in [3.05, 3.63) is 0 Å². The van der Waals surface area contributed by atoms with Gasteiger partial charge in [0.2, 0.25) is 0 Å². The molecular weight excluding hydrogens is 232 g/mol. The van der Waals surface area contributed by atoms with E-state index < -0.39 is 0 Å². The van der Waals surface area contributed by atoms with E-state index in [0.717, 1.165) is 57.8 Å². The number of hydrogen-bond acceptors (Lipinski definition) is 4. The molecule has 0 radical (unpaired) electrons. The molecule has 108 valence electrons. The van der Waals surface area contributed by atoms with Crippen molar-refractivity contribution in [2.45, 2.75) is 64.2 Å². The highest BCUT2D eigenvalue weighted by Crippen LogP contribution is 2.06. The first kappa shape index (κ1) is 17.4. The summed E-state index contributed by atoms with van der Waals surface area (Å²) in [6, 6.07) is 0. The third kappa shape index (κ3) is 13.5. The van der Waals surface area contributed by atoms with Crippen LogP contribution in [-0.2, 0) is 9.53 Å². The molecule has 2 N–H and O–H groups in total. The molecule has 0 aromatic carbocycles. The van der Waals surface area contributed by atoms with Gasteiger partial charge in [-0.3, -0.25) is 4.79 Å². The Balaban J connectivity index is 3.10. The van der Waals surface area contributed by atoms with E-state index in [4.69, 9.17) is 14.9 Å². The van der Waals surface area contributed by atoms with Gasteiger partial charge in [0.1, 0.15) is 0 Å². The lowest BCUT2D eigenvalue weighted by Crippen LogP contribution is -2.05. The second-order valence-electron chi connectivity index (χ2n) is 4.60. The van der Waals surface area contributed by atoms with Gasteiger partial charge in [0, 0.05) is 19.6 Å². The first-order valence-electron chi connectivity index (χ1n) is 7.18. The van der Waals surface area contributed by atoms with Crippen molar-refractivity contribution in [3.63, 3.8) is 0 Å². The minimum Gasteiger partial charge on any atom is -0.466 e. The number of ether oxygens (including phenoxy) is 1. The lowest BCUT2D eigenvalue weighted by molar-refractivity contribution is -0.143. The van der Waals surface area contributed by atoms with Crippen LogP contribution in [0.15, 0.2) is 0 Å². The molecule has 0 aliphatic rings. The number of unbranched alkanes of at least 4 members (excludes halogenated alkanes) is 7. The summed E-state index contributed by atoms with van der Waals surface area (Å²) in [6.07, 6.45) is 9.22. The van der Waals surface area contributed by atoms with Crippen LogP contribution in [-0.4, -0.2) is 36.0 Å². The van der Waals surface area contributed by atoms with Gasteiger partial charge in [0.25, 0.3) is 0 Å². The molecule has 0 amide bonds. The van der Waals surface area contributed by atoms with Crippen LogP contribution >= 0.6 is 0 Å². The van der Waals surface area contributed by atoms with E-state index >= 15 is 0 Å². The molecule has 0 unspecified atom stereocenters. The number of esters is 1. The van der Waals surface area contributed by atoms with Crippen LogP contribution < -0.4 is 0 Å². The van der Waals surface area contributed by atoms with E-state index in [2.05, 4.69) is 0 Å². The number of carbonyl (C=O) groups is 1. The van der Waals surface area contributed by atoms with Crippen molar-refractivity contribution < 1.29 is 19.7 Å². The topological polar surface area (TPSA) is 66.8 Å². The number of rotatable bonds is 13. The molecule has 4 nitrogen and oxygen atoms in total. The molecule has 0 saturated carbocycles. The monoisotopic (exact) mass is 260 g/mol. The summed E-state index contributed by atoms with van der Waals surface area (Å²) in [5, 5.41) is 17.2. The van der Waals surface area contributed by atoms with Gasteiger partial charge in [-0.25, -0.2) is 0 Å². The van der Waals surface area contributed by atoms with E-state index in [0.29, 0.717) is 13.0 Å². The van der Waals surface area contributed by atoms with Crippen molar-refractivity contribution in [2.24, 2.45) is 0 Å². The molecular formula is C14H28O4. The fourth-order valence-corrected chi connectivity index (χ4v) is 1.74. The number of carbonyl (C=O) groups excluding carboxylic acids is 1. The van der Waals surface area contributed by atoms with Crippen molar-refractivity contribution in [1.82, 2.24) is 0 Å². The summed E-state index contributed by atoms with van der Waals surface area (Å²) in [4.78, 5) is 11.3. The minimum absolute atomic E-state index is 0.117. The maximum absolute atomic E-state index is 11.3. The maximum Gasteiger partial charge on any atom is 0.305 e. The summed E-state index contributed by atoms with van der Waals surface area (Å²) >= 11 is 0. The molecule has 0 aliphatic carbocycles. The Morgan fingerprint density at radius 3 is 1.83 bits per heavy atom. The first-order chi connectivity index (χ1) is 8.81. The summed E-state index contributed by atoms with van der Waals surface area (Å²) in [5.41, 5.74) is 0. The third-order valence-corrected chi connectivity index (χ3v) is 2.85. The normalized spacial score (nSPS) is 10.6. The van der Waals surface area contributed by atoms with Crippen LogP contribution in [0.5, 0.6) is 0 Å². The zero-order valence-electron chi connectivity index (χ0n) is 11.4. The van der Waals surface area contributed by atoms with Gasteiger partial charge in [-0.2, -0.15) is 0 Å². The smallest absolute Gasteiger partial charge is 0.305 e. The SMILES string of the molecule is O=C(CCCCCO)OCCCCCCCCO. The molecule has 4 heteroatoms. The third-order valence-electron chi connectivity index (χ3n) is 2.85. The van der Waals surface area contributed by atoms with Crippen LogP contribution in [0.1, 0.15) is 64.2 Å². The van der Waals surface area contributed by atoms with Crippen molar-refractivity contribution in [1.29, 1.82) is 0 Å². The maximum atomic E-state index is 11.3. The average Bonchev–Trinajstić information content (AvgIpc) is 2.38. The minimum atomic E-state index is -0.117. The molecule has 0 bridgehead atoms. The molecule has 0 aromatic heterocycles. The van der Waals surface area contributed by atoms with Crippen LogP contribution in [0.3, 0.4) is 0 Å². The summed E-state index contributed by atoms with van der Waals surface area (Å²) in [5.74, 6) is -0.117. The highest BCUT2D eigenvalue weighted by molar-refractivity contribution is 5.69. The van der Waals surface area contributed by atoms with Gasteiger partial charge in [-0.05, 0) is 25.7 Å². The fraction of sp³-hybridized carbons (Fsp3) is 0.929. The molecule has 0 atom stereocenters. The van der Waals surface area contributed by atoms with Gasteiger partial charge in [-0.15, -0.1) is 0 Å². The average molecular weight is 260 g/mol. The molecule has 0 aliphatic heterocycles. The van der Waals surface area contributed by atoms with E-state index in [1.165, 1.54) is 0 Å². The standard InChI is InChI=1S/C14H28O4/c15-11-7-3-1-2-4-9-13-18-14(17)10-6-5-8-12-16/h15-16H,1-13H2. The molecule has 0 spiro atoms. The van der Waals surface area contributed by atoms with Crippen LogP contribution in [0.2, 0.25) is 0 Å². The predicted octanol–water partition coefficient (Wildman–Crippen LogP) is 2.42. The lowest BCUT2D eigenvalue weighted by atomic mass is 10.1. The van der Waals surface area contributed by atoms with E-state index in [1.54, 1.807) is 0 Å².